The van der Waals surface area contributed by atoms with Crippen molar-refractivity contribution < 1.29 is 14.3 Å². The normalized spacial score (nSPS) is 12.9. The van der Waals surface area contributed by atoms with Gasteiger partial charge in [-0.2, -0.15) is 0 Å². The summed E-state index contributed by atoms with van der Waals surface area (Å²) in [6, 6.07) is 12.1. The molecule has 1 heterocycles. The number of amides is 1. The van der Waals surface area contributed by atoms with Crippen molar-refractivity contribution in [2.24, 2.45) is 0 Å². The summed E-state index contributed by atoms with van der Waals surface area (Å²) in [6.07, 6.45) is 0.546. The van der Waals surface area contributed by atoms with E-state index in [-0.39, 0.29) is 5.91 Å². The lowest BCUT2D eigenvalue weighted by atomic mass is 9.99. The number of hydrogen-bond donors (Lipinski definition) is 0. The number of ether oxygens (including phenoxy) is 2. The highest BCUT2D eigenvalue weighted by Crippen LogP contribution is 2.36. The molecular weight excluding hydrogens is 290 g/mol. The minimum absolute atomic E-state index is 0.196. The van der Waals surface area contributed by atoms with Crippen LogP contribution in [0.3, 0.4) is 0 Å². The monoisotopic (exact) mass is 311 g/mol. The molecule has 0 spiro atoms. The standard InChI is InChI=1S/C19H21NO3/c1-4-19(21)20-11-14-6-5-13(9-15(14)12-20)17-10-16(22-2)7-8-18(17)23-3/h5-10H,4,11-12H2,1-3H3. The number of fused-ring (bicyclic) bond motifs is 1. The van der Waals surface area contributed by atoms with Crippen molar-refractivity contribution in [2.45, 2.75) is 26.4 Å². The van der Waals surface area contributed by atoms with Crippen LogP contribution in [-0.4, -0.2) is 25.0 Å². The molecule has 1 amide bonds. The van der Waals surface area contributed by atoms with Crippen molar-refractivity contribution in [2.75, 3.05) is 14.2 Å². The number of carbonyl (C=O) groups is 1. The Morgan fingerprint density at radius 2 is 1.83 bits per heavy atom. The molecule has 0 atom stereocenters. The molecule has 0 bridgehead atoms. The topological polar surface area (TPSA) is 38.8 Å². The van der Waals surface area contributed by atoms with Gasteiger partial charge in [0.15, 0.2) is 0 Å². The molecule has 0 aliphatic carbocycles. The van der Waals surface area contributed by atoms with Crippen LogP contribution >= 0.6 is 0 Å². The predicted octanol–water partition coefficient (Wildman–Crippen LogP) is 3.62. The van der Waals surface area contributed by atoms with E-state index in [9.17, 15) is 4.79 Å². The van der Waals surface area contributed by atoms with Gasteiger partial charge in [-0.05, 0) is 41.0 Å². The van der Waals surface area contributed by atoms with Crippen LogP contribution in [0.1, 0.15) is 24.5 Å². The molecule has 0 saturated carbocycles. The van der Waals surface area contributed by atoms with Crippen LogP contribution in [0.4, 0.5) is 0 Å². The van der Waals surface area contributed by atoms with E-state index >= 15 is 0 Å². The summed E-state index contributed by atoms with van der Waals surface area (Å²) in [7, 11) is 3.32. The Bertz CT molecular complexity index is 739. The maximum Gasteiger partial charge on any atom is 0.222 e. The van der Waals surface area contributed by atoms with Gasteiger partial charge in [0, 0.05) is 25.1 Å². The molecule has 0 saturated heterocycles. The first-order valence-electron chi connectivity index (χ1n) is 7.78. The Morgan fingerprint density at radius 1 is 1.04 bits per heavy atom. The van der Waals surface area contributed by atoms with Gasteiger partial charge >= 0.3 is 0 Å². The summed E-state index contributed by atoms with van der Waals surface area (Å²) in [5, 5.41) is 0. The minimum atomic E-state index is 0.196. The van der Waals surface area contributed by atoms with Crippen molar-refractivity contribution in [3.63, 3.8) is 0 Å². The van der Waals surface area contributed by atoms with Gasteiger partial charge in [0.2, 0.25) is 5.91 Å². The highest BCUT2D eigenvalue weighted by atomic mass is 16.5. The quantitative estimate of drug-likeness (QED) is 0.865. The van der Waals surface area contributed by atoms with Crippen LogP contribution in [-0.2, 0) is 17.9 Å². The first-order chi connectivity index (χ1) is 11.2. The van der Waals surface area contributed by atoms with Crippen LogP contribution in [0.2, 0.25) is 0 Å². The molecule has 2 aromatic rings. The third-order valence-corrected chi connectivity index (χ3v) is 4.30. The summed E-state index contributed by atoms with van der Waals surface area (Å²) >= 11 is 0. The number of methoxy groups -OCH3 is 2. The first kappa shape index (κ1) is 15.4. The molecular formula is C19H21NO3. The molecule has 4 nitrogen and oxygen atoms in total. The highest BCUT2D eigenvalue weighted by Gasteiger charge is 2.22. The summed E-state index contributed by atoms with van der Waals surface area (Å²) < 4.78 is 10.8. The third-order valence-electron chi connectivity index (χ3n) is 4.30. The largest absolute Gasteiger partial charge is 0.497 e. The first-order valence-corrected chi connectivity index (χ1v) is 7.78. The van der Waals surface area contributed by atoms with Gasteiger partial charge in [0.1, 0.15) is 11.5 Å². The third kappa shape index (κ3) is 2.89. The molecule has 0 aromatic heterocycles. The number of hydrogen-bond acceptors (Lipinski definition) is 3. The molecule has 0 radical (unpaired) electrons. The molecule has 0 N–H and O–H groups in total. The van der Waals surface area contributed by atoms with Crippen molar-refractivity contribution in [3.8, 4) is 22.6 Å². The van der Waals surface area contributed by atoms with E-state index in [1.807, 2.05) is 30.0 Å². The predicted molar refractivity (Wildman–Crippen MR) is 89.5 cm³/mol. The Labute approximate surface area is 136 Å². The van der Waals surface area contributed by atoms with E-state index in [2.05, 4.69) is 18.2 Å². The Hall–Kier alpha value is -2.49. The summed E-state index contributed by atoms with van der Waals surface area (Å²) in [4.78, 5) is 13.8. The van der Waals surface area contributed by atoms with Crippen molar-refractivity contribution >= 4 is 5.91 Å². The summed E-state index contributed by atoms with van der Waals surface area (Å²) in [5.41, 5.74) is 4.49. The molecule has 1 aliphatic rings. The Balaban J connectivity index is 1.97. The van der Waals surface area contributed by atoms with Gasteiger partial charge in [-0.15, -0.1) is 0 Å². The fourth-order valence-corrected chi connectivity index (χ4v) is 3.00. The molecule has 23 heavy (non-hydrogen) atoms. The van der Waals surface area contributed by atoms with Crippen LogP contribution in [0.5, 0.6) is 11.5 Å². The van der Waals surface area contributed by atoms with Gasteiger partial charge in [-0.3, -0.25) is 4.79 Å². The van der Waals surface area contributed by atoms with Crippen LogP contribution in [0, 0.1) is 0 Å². The van der Waals surface area contributed by atoms with E-state index in [1.165, 1.54) is 11.1 Å². The Kier molecular flexibility index (Phi) is 4.24. The van der Waals surface area contributed by atoms with E-state index < -0.39 is 0 Å². The maximum atomic E-state index is 11.9. The molecule has 0 fully saturated rings. The average Bonchev–Trinajstić information content (AvgIpc) is 3.03. The summed E-state index contributed by atoms with van der Waals surface area (Å²) in [6.45, 7) is 3.29. The zero-order chi connectivity index (χ0) is 16.4. The highest BCUT2D eigenvalue weighted by molar-refractivity contribution is 5.77. The second-order valence-electron chi connectivity index (χ2n) is 5.65. The molecule has 3 rings (SSSR count). The van der Waals surface area contributed by atoms with Crippen molar-refractivity contribution in [3.05, 3.63) is 47.5 Å². The maximum absolute atomic E-state index is 11.9. The van der Waals surface area contributed by atoms with E-state index in [0.29, 0.717) is 19.5 Å². The Morgan fingerprint density at radius 3 is 2.52 bits per heavy atom. The van der Waals surface area contributed by atoms with Crippen molar-refractivity contribution in [1.29, 1.82) is 0 Å². The minimum Gasteiger partial charge on any atom is -0.497 e. The lowest BCUT2D eigenvalue weighted by Crippen LogP contribution is -2.23. The van der Waals surface area contributed by atoms with E-state index in [1.54, 1.807) is 14.2 Å². The van der Waals surface area contributed by atoms with Gasteiger partial charge in [-0.1, -0.05) is 19.1 Å². The summed E-state index contributed by atoms with van der Waals surface area (Å²) in [5.74, 6) is 1.80. The number of rotatable bonds is 4. The molecule has 0 unspecified atom stereocenters. The second-order valence-corrected chi connectivity index (χ2v) is 5.65. The van der Waals surface area contributed by atoms with E-state index in [4.69, 9.17) is 9.47 Å². The lowest BCUT2D eigenvalue weighted by Gasteiger charge is -2.13. The van der Waals surface area contributed by atoms with Crippen LogP contribution in [0.15, 0.2) is 36.4 Å². The molecule has 4 heteroatoms. The van der Waals surface area contributed by atoms with Gasteiger partial charge in [0.05, 0.1) is 14.2 Å². The zero-order valence-electron chi connectivity index (χ0n) is 13.8. The molecule has 120 valence electrons. The van der Waals surface area contributed by atoms with Crippen LogP contribution in [0.25, 0.3) is 11.1 Å². The average molecular weight is 311 g/mol. The van der Waals surface area contributed by atoms with E-state index in [0.717, 1.165) is 22.6 Å². The number of nitrogens with zero attached hydrogens (tertiary/aromatic N) is 1. The van der Waals surface area contributed by atoms with Gasteiger partial charge in [-0.25, -0.2) is 0 Å². The molecule has 1 aliphatic heterocycles. The second kappa shape index (κ2) is 6.32. The van der Waals surface area contributed by atoms with Crippen molar-refractivity contribution in [1.82, 2.24) is 4.90 Å². The van der Waals surface area contributed by atoms with Gasteiger partial charge < -0.3 is 14.4 Å². The number of benzene rings is 2. The fraction of sp³-hybridized carbons (Fsp3) is 0.316. The SMILES string of the molecule is CCC(=O)N1Cc2ccc(-c3cc(OC)ccc3OC)cc2C1. The fourth-order valence-electron chi connectivity index (χ4n) is 3.00. The smallest absolute Gasteiger partial charge is 0.222 e. The zero-order valence-corrected chi connectivity index (χ0v) is 13.8. The molecule has 2 aromatic carbocycles. The van der Waals surface area contributed by atoms with Gasteiger partial charge in [0.25, 0.3) is 0 Å². The lowest BCUT2D eigenvalue weighted by molar-refractivity contribution is -0.131. The number of carbonyl (C=O) groups excluding carboxylic acids is 1. The van der Waals surface area contributed by atoms with Crippen LogP contribution < -0.4 is 9.47 Å².